The van der Waals surface area contributed by atoms with Gasteiger partial charge in [-0.3, -0.25) is 0 Å². The number of aromatic nitrogens is 2. The fraction of sp³-hybridized carbons (Fsp3) is 0.667. The summed E-state index contributed by atoms with van der Waals surface area (Å²) >= 11 is 0. The zero-order valence-corrected chi connectivity index (χ0v) is 10.5. The maximum absolute atomic E-state index is 5.86. The number of rotatable bonds is 2. The van der Waals surface area contributed by atoms with Crippen LogP contribution >= 0.6 is 0 Å². The number of hydrogen-bond donors (Lipinski definition) is 0. The summed E-state index contributed by atoms with van der Waals surface area (Å²) in [6.07, 6.45) is 6.19. The molecule has 2 fully saturated rings. The first kappa shape index (κ1) is 11.2. The van der Waals surface area contributed by atoms with E-state index in [4.69, 9.17) is 9.31 Å². The summed E-state index contributed by atoms with van der Waals surface area (Å²) in [5, 5.41) is 0. The molecule has 1 aliphatic heterocycles. The van der Waals surface area contributed by atoms with Crippen molar-refractivity contribution in [3.8, 4) is 0 Å². The van der Waals surface area contributed by atoms with Gasteiger partial charge in [-0.2, -0.15) is 0 Å². The van der Waals surface area contributed by atoms with Gasteiger partial charge in [0.05, 0.1) is 11.7 Å². The molecule has 0 radical (unpaired) electrons. The predicted molar refractivity (Wildman–Crippen MR) is 65.1 cm³/mol. The molecule has 1 atom stereocenters. The van der Waals surface area contributed by atoms with E-state index < -0.39 is 0 Å². The van der Waals surface area contributed by atoms with Crippen LogP contribution < -0.4 is 5.46 Å². The third-order valence-electron chi connectivity index (χ3n) is 3.62. The van der Waals surface area contributed by atoms with Crippen molar-refractivity contribution in [2.45, 2.75) is 51.2 Å². The van der Waals surface area contributed by atoms with E-state index in [1.807, 2.05) is 33.2 Å². The quantitative estimate of drug-likeness (QED) is 0.720. The van der Waals surface area contributed by atoms with Gasteiger partial charge in [0, 0.05) is 23.8 Å². The molecule has 1 aromatic heterocycles. The van der Waals surface area contributed by atoms with E-state index in [1.54, 1.807) is 0 Å². The normalized spacial score (nSPS) is 27.5. The fourth-order valence-corrected chi connectivity index (χ4v) is 1.92. The topological polar surface area (TPSA) is 44.2 Å². The first-order chi connectivity index (χ1) is 8.06. The van der Waals surface area contributed by atoms with E-state index in [2.05, 4.69) is 9.97 Å². The lowest BCUT2D eigenvalue weighted by Gasteiger charge is -2.21. The van der Waals surface area contributed by atoms with Crippen molar-refractivity contribution in [3.05, 3.63) is 18.2 Å². The zero-order chi connectivity index (χ0) is 12.0. The summed E-state index contributed by atoms with van der Waals surface area (Å²) in [5.41, 5.74) is 0.659. The standard InChI is InChI=1S/C12H17BN2O2/c1-8-12(2,3)17-13(16-8)10-6-14-11(15-7-10)9-4-5-9/h6-9H,4-5H2,1-3H3. The minimum atomic E-state index is -0.326. The first-order valence-corrected chi connectivity index (χ1v) is 6.21. The maximum atomic E-state index is 5.86. The third kappa shape index (κ3) is 2.09. The number of nitrogens with zero attached hydrogens (tertiary/aromatic N) is 2. The molecule has 0 amide bonds. The molecule has 4 nitrogen and oxygen atoms in total. The van der Waals surface area contributed by atoms with Crippen molar-refractivity contribution in [1.29, 1.82) is 0 Å². The highest BCUT2D eigenvalue weighted by atomic mass is 16.7. The molecule has 0 aromatic carbocycles. The van der Waals surface area contributed by atoms with Gasteiger partial charge in [-0.25, -0.2) is 9.97 Å². The minimum absolute atomic E-state index is 0.0793. The molecule has 0 bridgehead atoms. The Morgan fingerprint density at radius 1 is 1.29 bits per heavy atom. The average Bonchev–Trinajstić information content (AvgIpc) is 3.08. The van der Waals surface area contributed by atoms with E-state index in [9.17, 15) is 0 Å². The molecule has 2 aliphatic rings. The van der Waals surface area contributed by atoms with Crippen molar-refractivity contribution in [1.82, 2.24) is 9.97 Å². The first-order valence-electron chi connectivity index (χ1n) is 6.21. The van der Waals surface area contributed by atoms with Crippen LogP contribution in [-0.2, 0) is 9.31 Å². The van der Waals surface area contributed by atoms with Gasteiger partial charge in [0.25, 0.3) is 0 Å². The molecule has 90 valence electrons. The molecule has 3 rings (SSSR count). The smallest absolute Gasteiger partial charge is 0.402 e. The lowest BCUT2D eigenvalue weighted by atomic mass is 9.81. The third-order valence-corrected chi connectivity index (χ3v) is 3.62. The van der Waals surface area contributed by atoms with Gasteiger partial charge in [0.15, 0.2) is 0 Å². The van der Waals surface area contributed by atoms with E-state index >= 15 is 0 Å². The highest BCUT2D eigenvalue weighted by Gasteiger charge is 2.44. The van der Waals surface area contributed by atoms with Gasteiger partial charge in [-0.05, 0) is 33.6 Å². The zero-order valence-electron chi connectivity index (χ0n) is 10.5. The van der Waals surface area contributed by atoms with E-state index in [0.717, 1.165) is 11.3 Å². The largest absolute Gasteiger partial charge is 0.497 e. The average molecular weight is 232 g/mol. The SMILES string of the molecule is CC1OB(c2cnc(C3CC3)nc2)OC1(C)C. The molecule has 0 N–H and O–H groups in total. The Morgan fingerprint density at radius 2 is 1.94 bits per heavy atom. The van der Waals surface area contributed by atoms with Crippen LogP contribution in [0.25, 0.3) is 0 Å². The van der Waals surface area contributed by atoms with Gasteiger partial charge in [-0.15, -0.1) is 0 Å². The molecule has 1 saturated carbocycles. The Hall–Kier alpha value is -0.935. The Labute approximate surface area is 102 Å². The summed E-state index contributed by atoms with van der Waals surface area (Å²) in [6.45, 7) is 6.10. The van der Waals surface area contributed by atoms with Crippen molar-refractivity contribution in [2.24, 2.45) is 0 Å². The molecule has 1 aromatic rings. The second kappa shape index (κ2) is 3.78. The van der Waals surface area contributed by atoms with Crippen LogP contribution in [0, 0.1) is 0 Å². The fourth-order valence-electron chi connectivity index (χ4n) is 1.92. The van der Waals surface area contributed by atoms with Crippen molar-refractivity contribution >= 4 is 12.6 Å². The van der Waals surface area contributed by atoms with Crippen molar-refractivity contribution < 1.29 is 9.31 Å². The Morgan fingerprint density at radius 3 is 2.41 bits per heavy atom. The molecule has 1 saturated heterocycles. The molecule has 1 unspecified atom stereocenters. The maximum Gasteiger partial charge on any atom is 0.497 e. The monoisotopic (exact) mass is 232 g/mol. The lowest BCUT2D eigenvalue weighted by Crippen LogP contribution is -2.35. The van der Waals surface area contributed by atoms with Crippen LogP contribution in [-0.4, -0.2) is 28.8 Å². The van der Waals surface area contributed by atoms with Gasteiger partial charge in [-0.1, -0.05) is 0 Å². The van der Waals surface area contributed by atoms with Crippen LogP contribution in [0.5, 0.6) is 0 Å². The molecule has 1 aliphatic carbocycles. The van der Waals surface area contributed by atoms with E-state index in [0.29, 0.717) is 5.92 Å². The Balaban J connectivity index is 1.76. The summed E-state index contributed by atoms with van der Waals surface area (Å²) < 4.78 is 11.6. The molecular formula is C12H17BN2O2. The second-order valence-corrected chi connectivity index (χ2v) is 5.48. The molecule has 2 heterocycles. The van der Waals surface area contributed by atoms with Crippen molar-refractivity contribution in [2.75, 3.05) is 0 Å². The van der Waals surface area contributed by atoms with Crippen LogP contribution in [0.3, 0.4) is 0 Å². The van der Waals surface area contributed by atoms with Gasteiger partial charge in [0.2, 0.25) is 0 Å². The Kier molecular flexibility index (Phi) is 2.49. The highest BCUT2D eigenvalue weighted by Crippen LogP contribution is 2.37. The summed E-state index contributed by atoms with van der Waals surface area (Å²) in [4.78, 5) is 8.77. The summed E-state index contributed by atoms with van der Waals surface area (Å²) in [5.74, 6) is 1.55. The van der Waals surface area contributed by atoms with Crippen LogP contribution in [0.4, 0.5) is 0 Å². The minimum Gasteiger partial charge on any atom is -0.402 e. The second-order valence-electron chi connectivity index (χ2n) is 5.48. The summed E-state index contributed by atoms with van der Waals surface area (Å²) in [6, 6.07) is 0. The van der Waals surface area contributed by atoms with Crippen LogP contribution in [0.1, 0.15) is 45.4 Å². The highest BCUT2D eigenvalue weighted by molar-refractivity contribution is 6.61. The Bertz CT molecular complexity index is 417. The molecule has 17 heavy (non-hydrogen) atoms. The molecular weight excluding hydrogens is 215 g/mol. The van der Waals surface area contributed by atoms with Crippen LogP contribution in [0.2, 0.25) is 0 Å². The molecule has 5 heteroatoms. The lowest BCUT2D eigenvalue weighted by molar-refractivity contribution is 0.0842. The van der Waals surface area contributed by atoms with Gasteiger partial charge in [0.1, 0.15) is 5.82 Å². The van der Waals surface area contributed by atoms with Gasteiger partial charge >= 0.3 is 7.12 Å². The van der Waals surface area contributed by atoms with E-state index in [-0.39, 0.29) is 18.8 Å². The molecule has 0 spiro atoms. The predicted octanol–water partition coefficient (Wildman–Crippen LogP) is 1.26. The van der Waals surface area contributed by atoms with Crippen molar-refractivity contribution in [3.63, 3.8) is 0 Å². The van der Waals surface area contributed by atoms with E-state index in [1.165, 1.54) is 12.8 Å². The summed E-state index contributed by atoms with van der Waals surface area (Å²) in [7, 11) is -0.326. The number of hydrogen-bond acceptors (Lipinski definition) is 4. The van der Waals surface area contributed by atoms with Gasteiger partial charge < -0.3 is 9.31 Å². The van der Waals surface area contributed by atoms with Crippen LogP contribution in [0.15, 0.2) is 12.4 Å².